The van der Waals surface area contributed by atoms with Crippen LogP contribution in [0, 0.1) is 6.92 Å². The molecule has 3 heteroatoms. The predicted molar refractivity (Wildman–Crippen MR) is 81.3 cm³/mol. The van der Waals surface area contributed by atoms with Crippen molar-refractivity contribution in [1.29, 1.82) is 0 Å². The first-order chi connectivity index (χ1) is 9.69. The summed E-state index contributed by atoms with van der Waals surface area (Å²) in [6, 6.07) is 17.7. The Morgan fingerprint density at radius 1 is 1.10 bits per heavy atom. The number of benzene rings is 2. The predicted octanol–water partition coefficient (Wildman–Crippen LogP) is 2.35. The maximum Gasteiger partial charge on any atom is 0.224 e. The number of hydrogen-bond acceptors (Lipinski definition) is 2. The van der Waals surface area contributed by atoms with Gasteiger partial charge in [-0.2, -0.15) is 0 Å². The van der Waals surface area contributed by atoms with E-state index in [-0.39, 0.29) is 11.9 Å². The van der Waals surface area contributed by atoms with Crippen molar-refractivity contribution in [2.45, 2.75) is 19.4 Å². The van der Waals surface area contributed by atoms with Gasteiger partial charge in [-0.25, -0.2) is 0 Å². The molecular weight excluding hydrogens is 248 g/mol. The van der Waals surface area contributed by atoms with Crippen molar-refractivity contribution in [3.05, 3.63) is 71.3 Å². The largest absolute Gasteiger partial charge is 0.348 e. The fourth-order valence-electron chi connectivity index (χ4n) is 2.10. The van der Waals surface area contributed by atoms with Crippen LogP contribution in [0.5, 0.6) is 0 Å². The van der Waals surface area contributed by atoms with Crippen molar-refractivity contribution < 1.29 is 4.79 Å². The Morgan fingerprint density at radius 2 is 1.75 bits per heavy atom. The van der Waals surface area contributed by atoms with E-state index in [4.69, 9.17) is 5.73 Å². The SMILES string of the molecule is Cc1ccc(CC(=O)NC(CN)c2ccccc2)cc1. The zero-order valence-corrected chi connectivity index (χ0v) is 11.7. The Kier molecular flexibility index (Phi) is 4.91. The minimum atomic E-state index is -0.130. The second-order valence-corrected chi connectivity index (χ2v) is 4.93. The van der Waals surface area contributed by atoms with E-state index in [2.05, 4.69) is 5.32 Å². The van der Waals surface area contributed by atoms with Crippen LogP contribution in [0.15, 0.2) is 54.6 Å². The maximum atomic E-state index is 12.1. The number of nitrogens with two attached hydrogens (primary N) is 1. The highest BCUT2D eigenvalue weighted by Crippen LogP contribution is 2.11. The highest BCUT2D eigenvalue weighted by Gasteiger charge is 2.12. The van der Waals surface area contributed by atoms with Crippen LogP contribution in [0.3, 0.4) is 0 Å². The number of amides is 1. The van der Waals surface area contributed by atoms with Crippen LogP contribution in [-0.2, 0) is 11.2 Å². The molecule has 1 atom stereocenters. The molecule has 0 heterocycles. The Hall–Kier alpha value is -2.13. The molecule has 0 aromatic heterocycles. The highest BCUT2D eigenvalue weighted by molar-refractivity contribution is 5.79. The molecule has 104 valence electrons. The average molecular weight is 268 g/mol. The Morgan fingerprint density at radius 3 is 2.35 bits per heavy atom. The summed E-state index contributed by atoms with van der Waals surface area (Å²) in [4.78, 5) is 12.1. The van der Waals surface area contributed by atoms with Gasteiger partial charge in [-0.1, -0.05) is 60.2 Å². The Bertz CT molecular complexity index is 549. The normalized spacial score (nSPS) is 11.9. The number of carbonyl (C=O) groups is 1. The molecule has 0 bridgehead atoms. The lowest BCUT2D eigenvalue weighted by atomic mass is 10.1. The van der Waals surface area contributed by atoms with Gasteiger partial charge in [0.05, 0.1) is 12.5 Å². The van der Waals surface area contributed by atoms with E-state index < -0.39 is 0 Å². The van der Waals surface area contributed by atoms with Crippen LogP contribution in [0.2, 0.25) is 0 Å². The van der Waals surface area contributed by atoms with Gasteiger partial charge >= 0.3 is 0 Å². The zero-order chi connectivity index (χ0) is 14.4. The van der Waals surface area contributed by atoms with Crippen molar-refractivity contribution in [1.82, 2.24) is 5.32 Å². The van der Waals surface area contributed by atoms with Gasteiger partial charge in [-0.3, -0.25) is 4.79 Å². The molecular formula is C17H20N2O. The van der Waals surface area contributed by atoms with Gasteiger partial charge in [0.1, 0.15) is 0 Å². The minimum absolute atomic E-state index is 0.00634. The summed E-state index contributed by atoms with van der Waals surface area (Å²) < 4.78 is 0. The third kappa shape index (κ3) is 3.93. The minimum Gasteiger partial charge on any atom is -0.348 e. The van der Waals surface area contributed by atoms with Gasteiger partial charge < -0.3 is 11.1 Å². The summed E-state index contributed by atoms with van der Waals surface area (Å²) in [5, 5.41) is 2.98. The summed E-state index contributed by atoms with van der Waals surface area (Å²) in [6.07, 6.45) is 0.379. The molecule has 0 spiro atoms. The van der Waals surface area contributed by atoms with Crippen LogP contribution in [0.4, 0.5) is 0 Å². The molecule has 0 radical (unpaired) electrons. The molecule has 1 unspecified atom stereocenters. The van der Waals surface area contributed by atoms with Gasteiger partial charge in [0.25, 0.3) is 0 Å². The van der Waals surface area contributed by atoms with E-state index in [1.807, 2.05) is 61.5 Å². The topological polar surface area (TPSA) is 55.1 Å². The fourth-order valence-corrected chi connectivity index (χ4v) is 2.10. The lowest BCUT2D eigenvalue weighted by Crippen LogP contribution is -2.34. The van der Waals surface area contributed by atoms with Crippen LogP contribution in [0.25, 0.3) is 0 Å². The first-order valence-electron chi connectivity index (χ1n) is 6.79. The quantitative estimate of drug-likeness (QED) is 0.874. The summed E-state index contributed by atoms with van der Waals surface area (Å²) >= 11 is 0. The second kappa shape index (κ2) is 6.87. The first kappa shape index (κ1) is 14.3. The molecule has 0 aliphatic rings. The van der Waals surface area contributed by atoms with Crippen molar-refractivity contribution in [2.24, 2.45) is 5.73 Å². The Balaban J connectivity index is 1.97. The van der Waals surface area contributed by atoms with Crippen molar-refractivity contribution in [2.75, 3.05) is 6.54 Å². The Labute approximate surface area is 119 Å². The van der Waals surface area contributed by atoms with Gasteiger partial charge in [-0.15, -0.1) is 0 Å². The molecule has 0 saturated heterocycles. The third-order valence-corrected chi connectivity index (χ3v) is 3.26. The lowest BCUT2D eigenvalue weighted by Gasteiger charge is -2.17. The number of aryl methyl sites for hydroxylation is 1. The fraction of sp³-hybridized carbons (Fsp3) is 0.235. The molecule has 2 rings (SSSR count). The van der Waals surface area contributed by atoms with E-state index >= 15 is 0 Å². The average Bonchev–Trinajstić information content (AvgIpc) is 2.48. The highest BCUT2D eigenvalue weighted by atomic mass is 16.1. The molecule has 2 aromatic rings. The van der Waals surface area contributed by atoms with Crippen LogP contribution < -0.4 is 11.1 Å². The number of rotatable bonds is 5. The van der Waals surface area contributed by atoms with Crippen molar-refractivity contribution in [3.63, 3.8) is 0 Å². The van der Waals surface area contributed by atoms with Crippen LogP contribution >= 0.6 is 0 Å². The van der Waals surface area contributed by atoms with E-state index in [9.17, 15) is 4.79 Å². The summed E-state index contributed by atoms with van der Waals surface area (Å²) in [5.74, 6) is -0.00634. The molecule has 0 fully saturated rings. The van der Waals surface area contributed by atoms with Crippen molar-refractivity contribution >= 4 is 5.91 Å². The van der Waals surface area contributed by atoms with E-state index in [0.717, 1.165) is 11.1 Å². The summed E-state index contributed by atoms with van der Waals surface area (Å²) in [7, 11) is 0. The summed E-state index contributed by atoms with van der Waals surface area (Å²) in [6.45, 7) is 2.42. The van der Waals surface area contributed by atoms with E-state index in [1.54, 1.807) is 0 Å². The van der Waals surface area contributed by atoms with Crippen LogP contribution in [0.1, 0.15) is 22.7 Å². The van der Waals surface area contributed by atoms with E-state index in [1.165, 1.54) is 5.56 Å². The smallest absolute Gasteiger partial charge is 0.224 e. The van der Waals surface area contributed by atoms with Gasteiger partial charge in [0, 0.05) is 6.54 Å². The molecule has 3 N–H and O–H groups in total. The molecule has 2 aromatic carbocycles. The van der Waals surface area contributed by atoms with E-state index in [0.29, 0.717) is 13.0 Å². The molecule has 0 aliphatic heterocycles. The molecule has 1 amide bonds. The molecule has 3 nitrogen and oxygen atoms in total. The molecule has 0 saturated carbocycles. The standard InChI is InChI=1S/C17H20N2O/c1-13-7-9-14(10-8-13)11-17(20)19-16(12-18)15-5-3-2-4-6-15/h2-10,16H,11-12,18H2,1H3,(H,19,20). The second-order valence-electron chi connectivity index (χ2n) is 4.93. The number of hydrogen-bond donors (Lipinski definition) is 2. The van der Waals surface area contributed by atoms with Crippen molar-refractivity contribution in [3.8, 4) is 0 Å². The molecule has 20 heavy (non-hydrogen) atoms. The van der Waals surface area contributed by atoms with Gasteiger partial charge in [-0.05, 0) is 18.1 Å². The number of nitrogens with one attached hydrogen (secondary N) is 1. The van der Waals surface area contributed by atoms with Crippen LogP contribution in [-0.4, -0.2) is 12.5 Å². The van der Waals surface area contributed by atoms with Gasteiger partial charge in [0.15, 0.2) is 0 Å². The third-order valence-electron chi connectivity index (χ3n) is 3.26. The maximum absolute atomic E-state index is 12.1. The number of carbonyl (C=O) groups excluding carboxylic acids is 1. The monoisotopic (exact) mass is 268 g/mol. The molecule has 0 aliphatic carbocycles. The summed E-state index contributed by atoms with van der Waals surface area (Å²) in [5.41, 5.74) is 8.99. The zero-order valence-electron chi connectivity index (χ0n) is 11.7. The lowest BCUT2D eigenvalue weighted by molar-refractivity contribution is -0.121. The first-order valence-corrected chi connectivity index (χ1v) is 6.79. The van der Waals surface area contributed by atoms with Gasteiger partial charge in [0.2, 0.25) is 5.91 Å².